The summed E-state index contributed by atoms with van der Waals surface area (Å²) >= 11 is 0. The van der Waals surface area contributed by atoms with Gasteiger partial charge in [0, 0.05) is 15.2 Å². The Balaban J connectivity index is 4.75. The molecule has 0 aliphatic rings. The molecule has 0 spiro atoms. The van der Waals surface area contributed by atoms with Crippen LogP contribution in [0, 0.1) is 0 Å². The zero-order valence-corrected chi connectivity index (χ0v) is 12.2. The molecular formula is C10H26Si2. The molecule has 0 unspecified atom stereocenters. The van der Waals surface area contributed by atoms with Crippen LogP contribution in [-0.4, -0.2) is 15.2 Å². The molecule has 2 heteroatoms. The van der Waals surface area contributed by atoms with E-state index in [4.69, 9.17) is 0 Å². The molecule has 0 bridgehead atoms. The van der Waals surface area contributed by atoms with Crippen LogP contribution in [0.3, 0.4) is 0 Å². The second-order valence-electron chi connectivity index (χ2n) is 5.75. The molecular weight excluding hydrogens is 176 g/mol. The molecule has 12 heavy (non-hydrogen) atoms. The summed E-state index contributed by atoms with van der Waals surface area (Å²) in [5.74, 6) is 0. The summed E-state index contributed by atoms with van der Waals surface area (Å²) in [6.07, 6.45) is 0. The van der Waals surface area contributed by atoms with E-state index >= 15 is 0 Å². The minimum absolute atomic E-state index is 0.932. The Kier molecular flexibility index (Phi) is 3.80. The van der Waals surface area contributed by atoms with Crippen LogP contribution in [0.15, 0.2) is 0 Å². The van der Waals surface area contributed by atoms with E-state index in [1.165, 1.54) is 0 Å². The monoisotopic (exact) mass is 202 g/mol. The summed E-state index contributed by atoms with van der Waals surface area (Å²) < 4.78 is 0. The van der Waals surface area contributed by atoms with Gasteiger partial charge in [0.25, 0.3) is 0 Å². The highest BCUT2D eigenvalue weighted by Crippen LogP contribution is 2.37. The van der Waals surface area contributed by atoms with Crippen molar-refractivity contribution in [3.63, 3.8) is 0 Å². The van der Waals surface area contributed by atoms with Crippen LogP contribution in [0.1, 0.15) is 27.7 Å². The summed E-state index contributed by atoms with van der Waals surface area (Å²) in [5, 5.41) is 0. The highest BCUT2D eigenvalue weighted by Gasteiger charge is 2.44. The Morgan fingerprint density at radius 2 is 0.750 bits per heavy atom. The third-order valence-electron chi connectivity index (χ3n) is 4.55. The van der Waals surface area contributed by atoms with Crippen LogP contribution in [0.2, 0.25) is 37.3 Å². The molecule has 0 rings (SSSR count). The van der Waals surface area contributed by atoms with Crippen molar-refractivity contribution in [1.82, 2.24) is 0 Å². The fourth-order valence-electron chi connectivity index (χ4n) is 1.49. The van der Waals surface area contributed by atoms with Crippen molar-refractivity contribution in [3.05, 3.63) is 0 Å². The van der Waals surface area contributed by atoms with E-state index in [2.05, 4.69) is 53.9 Å². The summed E-state index contributed by atoms with van der Waals surface area (Å²) in [6, 6.07) is 0. The molecule has 0 nitrogen and oxygen atoms in total. The van der Waals surface area contributed by atoms with Crippen LogP contribution in [0.4, 0.5) is 0 Å². The normalized spacial score (nSPS) is 14.5. The lowest BCUT2D eigenvalue weighted by Crippen LogP contribution is -2.58. The first kappa shape index (κ1) is 12.4. The third-order valence-corrected chi connectivity index (χ3v) is 27.1. The van der Waals surface area contributed by atoms with Gasteiger partial charge in [-0.15, -0.1) is 0 Å². The first-order valence-electron chi connectivity index (χ1n) is 5.14. The van der Waals surface area contributed by atoms with Crippen molar-refractivity contribution in [3.8, 4) is 0 Å². The summed E-state index contributed by atoms with van der Waals surface area (Å²) in [6.45, 7) is 20.0. The van der Waals surface area contributed by atoms with Gasteiger partial charge in [-0.05, 0) is 0 Å². The fraction of sp³-hybridized carbons (Fsp3) is 1.00. The lowest BCUT2D eigenvalue weighted by atomic mass is 10.6. The van der Waals surface area contributed by atoms with Gasteiger partial charge in [-0.1, -0.05) is 65.0 Å². The molecule has 0 aromatic rings. The average Bonchev–Trinajstić information content (AvgIpc) is 1.86. The SMILES string of the molecule is CC(C)[Si](C)(C)[Si](C)(C)C(C)C. The predicted octanol–water partition coefficient (Wildman–Crippen LogP) is 4.30. The minimum Gasteiger partial charge on any atom is -0.0711 e. The maximum absolute atomic E-state index is 2.59. The molecule has 0 amide bonds. The van der Waals surface area contributed by atoms with Crippen LogP contribution >= 0.6 is 0 Å². The van der Waals surface area contributed by atoms with Gasteiger partial charge in [0.05, 0.1) is 0 Å². The highest BCUT2D eigenvalue weighted by molar-refractivity contribution is 7.41. The lowest BCUT2D eigenvalue weighted by Gasteiger charge is -2.44. The molecule has 74 valence electrons. The molecule has 0 radical (unpaired) electrons. The molecule has 0 aromatic carbocycles. The second kappa shape index (κ2) is 3.66. The van der Waals surface area contributed by atoms with Gasteiger partial charge in [-0.25, -0.2) is 0 Å². The average molecular weight is 202 g/mol. The molecule has 0 saturated heterocycles. The molecule has 0 aliphatic heterocycles. The Morgan fingerprint density at radius 1 is 0.583 bits per heavy atom. The maximum atomic E-state index is 2.59. The van der Waals surface area contributed by atoms with Crippen molar-refractivity contribution in [1.29, 1.82) is 0 Å². The summed E-state index contributed by atoms with van der Waals surface area (Å²) in [4.78, 5) is 0. The fourth-order valence-corrected chi connectivity index (χ4v) is 13.4. The molecule has 0 atom stereocenters. The van der Waals surface area contributed by atoms with E-state index in [0.29, 0.717) is 0 Å². The van der Waals surface area contributed by atoms with E-state index in [9.17, 15) is 0 Å². The largest absolute Gasteiger partial charge is 0.0711 e. The van der Waals surface area contributed by atoms with Crippen molar-refractivity contribution in [2.24, 2.45) is 0 Å². The van der Waals surface area contributed by atoms with Crippen molar-refractivity contribution in [2.75, 3.05) is 0 Å². The van der Waals surface area contributed by atoms with E-state index in [0.717, 1.165) is 11.1 Å². The number of hydrogen-bond acceptors (Lipinski definition) is 0. The predicted molar refractivity (Wildman–Crippen MR) is 65.2 cm³/mol. The van der Waals surface area contributed by atoms with Crippen molar-refractivity contribution in [2.45, 2.75) is 65.0 Å². The molecule has 0 saturated carbocycles. The van der Waals surface area contributed by atoms with E-state index in [1.807, 2.05) is 0 Å². The smallest absolute Gasteiger partial charge is 0.0440 e. The first-order chi connectivity index (χ1) is 5.14. The zero-order chi connectivity index (χ0) is 10.2. The van der Waals surface area contributed by atoms with Crippen LogP contribution in [0.5, 0.6) is 0 Å². The number of rotatable bonds is 3. The molecule has 0 heterocycles. The van der Waals surface area contributed by atoms with E-state index < -0.39 is 15.2 Å². The van der Waals surface area contributed by atoms with Gasteiger partial charge in [-0.2, -0.15) is 0 Å². The first-order valence-corrected chi connectivity index (χ1v) is 12.3. The van der Waals surface area contributed by atoms with Gasteiger partial charge >= 0.3 is 0 Å². The van der Waals surface area contributed by atoms with Gasteiger partial charge < -0.3 is 0 Å². The topological polar surface area (TPSA) is 0 Å². The molecule has 0 fully saturated rings. The van der Waals surface area contributed by atoms with Crippen LogP contribution in [0.25, 0.3) is 0 Å². The zero-order valence-electron chi connectivity index (χ0n) is 10.2. The Bertz CT molecular complexity index is 128. The lowest BCUT2D eigenvalue weighted by molar-refractivity contribution is 0.988. The maximum Gasteiger partial charge on any atom is 0.0440 e. The number of hydrogen-bond donors (Lipinski definition) is 0. The quantitative estimate of drug-likeness (QED) is 0.599. The van der Waals surface area contributed by atoms with E-state index in [1.54, 1.807) is 0 Å². The Labute approximate surface area is 80.6 Å². The molecule has 0 aliphatic carbocycles. The van der Waals surface area contributed by atoms with Crippen molar-refractivity contribution >= 4 is 15.2 Å². The van der Waals surface area contributed by atoms with Crippen LogP contribution in [-0.2, 0) is 0 Å². The van der Waals surface area contributed by atoms with Gasteiger partial charge in [-0.3, -0.25) is 0 Å². The minimum atomic E-state index is -0.932. The molecule has 0 aromatic heterocycles. The van der Waals surface area contributed by atoms with E-state index in [-0.39, 0.29) is 0 Å². The van der Waals surface area contributed by atoms with Crippen molar-refractivity contribution < 1.29 is 0 Å². The standard InChI is InChI=1S/C10H26Si2/c1-9(2)11(5,6)12(7,8)10(3)4/h9-10H,1-8H3. The Morgan fingerprint density at radius 3 is 0.833 bits per heavy atom. The third kappa shape index (κ3) is 2.02. The van der Waals surface area contributed by atoms with Gasteiger partial charge in [0.15, 0.2) is 0 Å². The highest BCUT2D eigenvalue weighted by atomic mass is 29.3. The van der Waals surface area contributed by atoms with Gasteiger partial charge in [0.1, 0.15) is 0 Å². The van der Waals surface area contributed by atoms with Crippen LogP contribution < -0.4 is 0 Å². The van der Waals surface area contributed by atoms with Gasteiger partial charge in [0.2, 0.25) is 0 Å². The summed E-state index contributed by atoms with van der Waals surface area (Å²) in [5.41, 5.74) is 1.89. The second-order valence-corrected chi connectivity index (χ2v) is 22.7. The molecule has 0 N–H and O–H groups in total. The Hall–Kier alpha value is 0.434. The summed E-state index contributed by atoms with van der Waals surface area (Å²) in [7, 11) is -1.86.